The Labute approximate surface area is 153 Å². The fourth-order valence-corrected chi connectivity index (χ4v) is 3.74. The standard InChI is InChI=1S/C19H25N3O2S/c1-13-12-25-17(21-13)16-6-5-14(10-20-16)9-15-7-8-22(11-15)18(23)24-19(2,3)4/h5-6,10,12,15H,7-9,11H2,1-4H3. The molecule has 0 aromatic carbocycles. The number of pyridine rings is 1. The van der Waals surface area contributed by atoms with Crippen molar-refractivity contribution in [3.8, 4) is 10.7 Å². The number of ether oxygens (including phenoxy) is 1. The molecule has 2 aromatic heterocycles. The number of thiazole rings is 1. The summed E-state index contributed by atoms with van der Waals surface area (Å²) < 4.78 is 5.46. The number of carbonyl (C=O) groups excluding carboxylic acids is 1. The Morgan fingerprint density at radius 3 is 2.80 bits per heavy atom. The van der Waals surface area contributed by atoms with Crippen LogP contribution in [0.2, 0.25) is 0 Å². The maximum absolute atomic E-state index is 12.1. The Morgan fingerprint density at radius 1 is 1.40 bits per heavy atom. The quantitative estimate of drug-likeness (QED) is 0.819. The molecule has 134 valence electrons. The van der Waals surface area contributed by atoms with E-state index >= 15 is 0 Å². The molecular weight excluding hydrogens is 334 g/mol. The van der Waals surface area contributed by atoms with Crippen molar-refractivity contribution in [3.05, 3.63) is 35.0 Å². The van der Waals surface area contributed by atoms with Gasteiger partial charge in [-0.25, -0.2) is 9.78 Å². The summed E-state index contributed by atoms with van der Waals surface area (Å²) in [6.07, 6.45) is 3.67. The second-order valence-corrected chi connectivity index (χ2v) is 8.49. The highest BCUT2D eigenvalue weighted by Gasteiger charge is 2.29. The van der Waals surface area contributed by atoms with Crippen LogP contribution in [0.1, 0.15) is 38.4 Å². The minimum absolute atomic E-state index is 0.206. The van der Waals surface area contributed by atoms with Gasteiger partial charge in [-0.15, -0.1) is 11.3 Å². The Morgan fingerprint density at radius 2 is 2.20 bits per heavy atom. The van der Waals surface area contributed by atoms with E-state index in [1.54, 1.807) is 11.3 Å². The average Bonchev–Trinajstić information content (AvgIpc) is 3.16. The number of amides is 1. The Kier molecular flexibility index (Phi) is 5.08. The highest BCUT2D eigenvalue weighted by molar-refractivity contribution is 7.13. The number of hydrogen-bond donors (Lipinski definition) is 0. The largest absolute Gasteiger partial charge is 0.444 e. The predicted molar refractivity (Wildman–Crippen MR) is 99.7 cm³/mol. The van der Waals surface area contributed by atoms with Crippen LogP contribution >= 0.6 is 11.3 Å². The van der Waals surface area contributed by atoms with Gasteiger partial charge in [-0.3, -0.25) is 4.98 Å². The summed E-state index contributed by atoms with van der Waals surface area (Å²) >= 11 is 1.62. The summed E-state index contributed by atoms with van der Waals surface area (Å²) in [5, 5.41) is 3.00. The van der Waals surface area contributed by atoms with Crippen molar-refractivity contribution in [1.29, 1.82) is 0 Å². The average molecular weight is 359 g/mol. The molecular formula is C19H25N3O2S. The van der Waals surface area contributed by atoms with E-state index in [2.05, 4.69) is 16.0 Å². The monoisotopic (exact) mass is 359 g/mol. The lowest BCUT2D eigenvalue weighted by Crippen LogP contribution is -2.35. The first kappa shape index (κ1) is 17.9. The van der Waals surface area contributed by atoms with Crippen LogP contribution in [0.5, 0.6) is 0 Å². The normalized spacial score (nSPS) is 17.8. The van der Waals surface area contributed by atoms with Crippen molar-refractivity contribution >= 4 is 17.4 Å². The summed E-state index contributed by atoms with van der Waals surface area (Å²) in [5.41, 5.74) is 2.71. The second-order valence-electron chi connectivity index (χ2n) is 7.63. The van der Waals surface area contributed by atoms with E-state index in [-0.39, 0.29) is 6.09 Å². The molecule has 25 heavy (non-hydrogen) atoms. The number of aromatic nitrogens is 2. The van der Waals surface area contributed by atoms with Crippen molar-refractivity contribution in [2.45, 2.75) is 46.1 Å². The van der Waals surface area contributed by atoms with E-state index in [0.29, 0.717) is 5.92 Å². The first-order chi connectivity index (χ1) is 11.8. The molecule has 5 nitrogen and oxygen atoms in total. The van der Waals surface area contributed by atoms with Gasteiger partial charge >= 0.3 is 6.09 Å². The highest BCUT2D eigenvalue weighted by atomic mass is 32.1. The van der Waals surface area contributed by atoms with Gasteiger partial charge in [-0.05, 0) is 58.1 Å². The molecule has 2 aromatic rings. The summed E-state index contributed by atoms with van der Waals surface area (Å²) in [5.74, 6) is 0.460. The number of carbonyl (C=O) groups is 1. The van der Waals surface area contributed by atoms with Crippen molar-refractivity contribution in [1.82, 2.24) is 14.9 Å². The van der Waals surface area contributed by atoms with E-state index in [1.165, 1.54) is 5.56 Å². The molecule has 3 heterocycles. The molecule has 3 rings (SSSR count). The van der Waals surface area contributed by atoms with Crippen LogP contribution in [0.3, 0.4) is 0 Å². The summed E-state index contributed by atoms with van der Waals surface area (Å²) in [6, 6.07) is 4.16. The molecule has 0 radical (unpaired) electrons. The minimum atomic E-state index is -0.441. The molecule has 1 fully saturated rings. The third-order valence-electron chi connectivity index (χ3n) is 4.12. The molecule has 6 heteroatoms. The number of rotatable bonds is 3. The smallest absolute Gasteiger partial charge is 0.410 e. The third kappa shape index (κ3) is 4.78. The highest BCUT2D eigenvalue weighted by Crippen LogP contribution is 2.25. The van der Waals surface area contributed by atoms with E-state index in [9.17, 15) is 4.79 Å². The van der Waals surface area contributed by atoms with Crippen molar-refractivity contribution in [3.63, 3.8) is 0 Å². The first-order valence-electron chi connectivity index (χ1n) is 8.65. The zero-order valence-corrected chi connectivity index (χ0v) is 16.1. The van der Waals surface area contributed by atoms with Crippen molar-refractivity contribution < 1.29 is 9.53 Å². The van der Waals surface area contributed by atoms with Crippen LogP contribution in [0, 0.1) is 12.8 Å². The predicted octanol–water partition coefficient (Wildman–Crippen LogP) is 4.31. The van der Waals surface area contributed by atoms with Gasteiger partial charge < -0.3 is 9.64 Å². The minimum Gasteiger partial charge on any atom is -0.444 e. The molecule has 0 N–H and O–H groups in total. The van der Waals surface area contributed by atoms with E-state index in [4.69, 9.17) is 4.74 Å². The van der Waals surface area contributed by atoms with Gasteiger partial charge in [-0.1, -0.05) is 6.07 Å². The number of aryl methyl sites for hydroxylation is 1. The first-order valence-corrected chi connectivity index (χ1v) is 9.53. The summed E-state index contributed by atoms with van der Waals surface area (Å²) in [6.45, 7) is 9.21. The summed E-state index contributed by atoms with van der Waals surface area (Å²) in [4.78, 5) is 23.0. The van der Waals surface area contributed by atoms with Crippen LogP contribution in [0.15, 0.2) is 23.7 Å². The third-order valence-corrected chi connectivity index (χ3v) is 5.11. The summed E-state index contributed by atoms with van der Waals surface area (Å²) in [7, 11) is 0. The number of nitrogens with zero attached hydrogens (tertiary/aromatic N) is 3. The van der Waals surface area contributed by atoms with Crippen LogP contribution in [0.25, 0.3) is 10.7 Å². The molecule has 1 amide bonds. The van der Waals surface area contributed by atoms with Gasteiger partial charge in [-0.2, -0.15) is 0 Å². The van der Waals surface area contributed by atoms with Gasteiger partial charge in [0, 0.05) is 30.4 Å². The fraction of sp³-hybridized carbons (Fsp3) is 0.526. The zero-order valence-electron chi connectivity index (χ0n) is 15.3. The maximum Gasteiger partial charge on any atom is 0.410 e. The number of hydrogen-bond acceptors (Lipinski definition) is 5. The lowest BCUT2D eigenvalue weighted by molar-refractivity contribution is 0.0288. The molecule has 1 aliphatic heterocycles. The SMILES string of the molecule is Cc1csc(-c2ccc(CC3CCN(C(=O)OC(C)(C)C)C3)cn2)n1. The van der Waals surface area contributed by atoms with Crippen molar-refractivity contribution in [2.24, 2.45) is 5.92 Å². The van der Waals surface area contributed by atoms with Crippen LogP contribution in [-0.2, 0) is 11.2 Å². The second kappa shape index (κ2) is 7.12. The maximum atomic E-state index is 12.1. The zero-order chi connectivity index (χ0) is 18.0. The Balaban J connectivity index is 1.56. The van der Waals surface area contributed by atoms with Gasteiger partial charge in [0.25, 0.3) is 0 Å². The van der Waals surface area contributed by atoms with Gasteiger partial charge in [0.15, 0.2) is 0 Å². The van der Waals surface area contributed by atoms with Gasteiger partial charge in [0.2, 0.25) is 0 Å². The topological polar surface area (TPSA) is 55.3 Å². The molecule has 1 aliphatic rings. The number of likely N-dealkylation sites (tertiary alicyclic amines) is 1. The fourth-order valence-electron chi connectivity index (χ4n) is 2.97. The van der Waals surface area contributed by atoms with E-state index in [1.807, 2.05) is 50.2 Å². The Hall–Kier alpha value is -1.95. The van der Waals surface area contributed by atoms with Crippen LogP contribution < -0.4 is 0 Å². The van der Waals surface area contributed by atoms with Crippen molar-refractivity contribution in [2.75, 3.05) is 13.1 Å². The lowest BCUT2D eigenvalue weighted by atomic mass is 10.00. The molecule has 0 spiro atoms. The van der Waals surface area contributed by atoms with Crippen LogP contribution in [-0.4, -0.2) is 39.7 Å². The molecule has 1 saturated heterocycles. The molecule has 0 bridgehead atoms. The van der Waals surface area contributed by atoms with Gasteiger partial charge in [0.05, 0.1) is 5.69 Å². The van der Waals surface area contributed by atoms with Crippen LogP contribution in [0.4, 0.5) is 4.79 Å². The van der Waals surface area contributed by atoms with E-state index < -0.39 is 5.60 Å². The van der Waals surface area contributed by atoms with Gasteiger partial charge in [0.1, 0.15) is 10.6 Å². The van der Waals surface area contributed by atoms with E-state index in [0.717, 1.165) is 42.3 Å². The molecule has 1 atom stereocenters. The molecule has 0 aliphatic carbocycles. The Bertz CT molecular complexity index is 734. The lowest BCUT2D eigenvalue weighted by Gasteiger charge is -2.24. The molecule has 0 saturated carbocycles. The molecule has 1 unspecified atom stereocenters.